The number of piperidine rings is 1. The van der Waals surface area contributed by atoms with Gasteiger partial charge in [0.2, 0.25) is 0 Å². The summed E-state index contributed by atoms with van der Waals surface area (Å²) in [6, 6.07) is 10.0. The molecule has 1 saturated heterocycles. The third-order valence-corrected chi connectivity index (χ3v) is 3.77. The first-order valence-corrected chi connectivity index (χ1v) is 8.07. The second-order valence-corrected chi connectivity index (χ2v) is 5.49. The van der Waals surface area contributed by atoms with Gasteiger partial charge in [0.05, 0.1) is 13.7 Å². The van der Waals surface area contributed by atoms with Crippen molar-refractivity contribution in [3.05, 3.63) is 35.9 Å². The number of halogens is 1. The normalized spacial score (nSPS) is 16.8. The van der Waals surface area contributed by atoms with Crippen molar-refractivity contribution in [1.82, 2.24) is 15.5 Å². The smallest absolute Gasteiger partial charge is 0.409 e. The molecule has 1 heterocycles. The first-order valence-electron chi connectivity index (χ1n) is 8.07. The molecule has 2 rings (SSSR count). The molecule has 1 fully saturated rings. The zero-order valence-electron chi connectivity index (χ0n) is 14.6. The molecule has 2 N–H and O–H groups in total. The number of hydrogen-bond acceptors (Lipinski definition) is 3. The molecule has 0 radical (unpaired) electrons. The van der Waals surface area contributed by atoms with Crippen LogP contribution in [-0.4, -0.2) is 56.8 Å². The van der Waals surface area contributed by atoms with E-state index in [0.717, 1.165) is 24.9 Å². The van der Waals surface area contributed by atoms with Crippen molar-refractivity contribution in [3.63, 3.8) is 0 Å². The first kappa shape index (κ1) is 21.1. The Labute approximate surface area is 166 Å². The van der Waals surface area contributed by atoms with E-state index >= 15 is 0 Å². The highest BCUT2D eigenvalue weighted by Crippen LogP contribution is 2.10. The number of benzene rings is 1. The van der Waals surface area contributed by atoms with Crippen molar-refractivity contribution >= 4 is 36.0 Å². The molecule has 0 aromatic heterocycles. The van der Waals surface area contributed by atoms with Gasteiger partial charge in [0.1, 0.15) is 0 Å². The van der Waals surface area contributed by atoms with E-state index in [4.69, 9.17) is 4.74 Å². The number of hydrogen-bond donors (Lipinski definition) is 2. The lowest BCUT2D eigenvalue weighted by molar-refractivity contribution is 0.109. The summed E-state index contributed by atoms with van der Waals surface area (Å²) >= 11 is 0. The standard InChI is InChI=1S/C18H24N4O2.HI/c1-19-17(20-12-6-10-15-8-4-3-5-9-15)21-16-11-7-13-22(14-16)18(23)24-2;/h3-5,8-9,16H,7,11-14H2,1-2H3,(H2,19,20,21);1H. The van der Waals surface area contributed by atoms with Crippen molar-refractivity contribution in [2.24, 2.45) is 4.99 Å². The molecule has 1 aliphatic heterocycles. The third kappa shape index (κ3) is 7.22. The Morgan fingerprint density at radius 1 is 1.40 bits per heavy atom. The van der Waals surface area contributed by atoms with Crippen molar-refractivity contribution in [2.75, 3.05) is 33.8 Å². The van der Waals surface area contributed by atoms with Crippen LogP contribution in [0.1, 0.15) is 18.4 Å². The van der Waals surface area contributed by atoms with Gasteiger partial charge in [0.15, 0.2) is 5.96 Å². The van der Waals surface area contributed by atoms with Gasteiger partial charge in [0.25, 0.3) is 0 Å². The number of ether oxygens (including phenoxy) is 1. The number of guanidine groups is 1. The van der Waals surface area contributed by atoms with Gasteiger partial charge < -0.3 is 20.3 Å². The van der Waals surface area contributed by atoms with Gasteiger partial charge in [-0.1, -0.05) is 30.0 Å². The summed E-state index contributed by atoms with van der Waals surface area (Å²) in [6.07, 6.45) is 1.65. The molecule has 1 aromatic rings. The molecule has 6 nitrogen and oxygen atoms in total. The van der Waals surface area contributed by atoms with Gasteiger partial charge in [-0.05, 0) is 25.0 Å². The predicted octanol–water partition coefficient (Wildman–Crippen LogP) is 2.05. The van der Waals surface area contributed by atoms with Crippen LogP contribution >= 0.6 is 24.0 Å². The van der Waals surface area contributed by atoms with E-state index in [0.29, 0.717) is 19.0 Å². The molecule has 0 bridgehead atoms. The zero-order chi connectivity index (χ0) is 17.2. The molecule has 1 amide bonds. The van der Waals surface area contributed by atoms with Gasteiger partial charge >= 0.3 is 6.09 Å². The van der Waals surface area contributed by atoms with Crippen LogP contribution in [0.2, 0.25) is 0 Å². The Balaban J connectivity index is 0.00000312. The van der Waals surface area contributed by atoms with Crippen LogP contribution in [0.4, 0.5) is 4.79 Å². The van der Waals surface area contributed by atoms with E-state index in [9.17, 15) is 4.79 Å². The van der Waals surface area contributed by atoms with Gasteiger partial charge in [-0.2, -0.15) is 0 Å². The second-order valence-electron chi connectivity index (χ2n) is 5.49. The van der Waals surface area contributed by atoms with Gasteiger partial charge in [-0.25, -0.2) is 4.79 Å². The van der Waals surface area contributed by atoms with Crippen LogP contribution < -0.4 is 10.6 Å². The van der Waals surface area contributed by atoms with E-state index < -0.39 is 0 Å². The average Bonchev–Trinajstić information content (AvgIpc) is 2.64. The maximum absolute atomic E-state index is 11.6. The Kier molecular flexibility index (Phi) is 9.77. The van der Waals surface area contributed by atoms with Crippen LogP contribution in [0.5, 0.6) is 0 Å². The number of rotatable bonds is 2. The quantitative estimate of drug-likeness (QED) is 0.310. The van der Waals surface area contributed by atoms with E-state index in [1.54, 1.807) is 11.9 Å². The number of methoxy groups -OCH3 is 1. The van der Waals surface area contributed by atoms with Crippen molar-refractivity contribution in [1.29, 1.82) is 0 Å². The largest absolute Gasteiger partial charge is 0.453 e. The molecular formula is C18H25IN4O2. The highest BCUT2D eigenvalue weighted by molar-refractivity contribution is 14.0. The minimum absolute atomic E-state index is 0. The maximum atomic E-state index is 11.6. The van der Waals surface area contributed by atoms with E-state index in [2.05, 4.69) is 27.5 Å². The lowest BCUT2D eigenvalue weighted by Gasteiger charge is -2.32. The first-order chi connectivity index (χ1) is 11.7. The number of carbonyl (C=O) groups excluding carboxylic acids is 1. The van der Waals surface area contributed by atoms with Crippen LogP contribution in [0.3, 0.4) is 0 Å². The monoisotopic (exact) mass is 456 g/mol. The minimum Gasteiger partial charge on any atom is -0.453 e. The number of likely N-dealkylation sites (tertiary alicyclic amines) is 1. The fraction of sp³-hybridized carbons (Fsp3) is 0.444. The van der Waals surface area contributed by atoms with E-state index in [1.165, 1.54) is 7.11 Å². The average molecular weight is 456 g/mol. The van der Waals surface area contributed by atoms with Gasteiger partial charge in [-0.3, -0.25) is 4.99 Å². The summed E-state index contributed by atoms with van der Waals surface area (Å²) in [5.74, 6) is 6.85. The molecule has 25 heavy (non-hydrogen) atoms. The van der Waals surface area contributed by atoms with Gasteiger partial charge in [0, 0.05) is 31.7 Å². The molecule has 0 saturated carbocycles. The van der Waals surface area contributed by atoms with Crippen LogP contribution in [0.25, 0.3) is 0 Å². The Morgan fingerprint density at radius 2 is 2.16 bits per heavy atom. The summed E-state index contributed by atoms with van der Waals surface area (Å²) in [5.41, 5.74) is 0.989. The number of amides is 1. The van der Waals surface area contributed by atoms with Crippen LogP contribution in [0.15, 0.2) is 35.3 Å². The van der Waals surface area contributed by atoms with Gasteiger partial charge in [-0.15, -0.1) is 24.0 Å². The summed E-state index contributed by atoms with van der Waals surface area (Å²) in [4.78, 5) is 17.5. The minimum atomic E-state index is -0.279. The number of carbonyl (C=O) groups is 1. The van der Waals surface area contributed by atoms with Crippen molar-refractivity contribution in [3.8, 4) is 11.8 Å². The third-order valence-electron chi connectivity index (χ3n) is 3.77. The summed E-state index contributed by atoms with van der Waals surface area (Å²) < 4.78 is 4.79. The fourth-order valence-electron chi connectivity index (χ4n) is 2.57. The number of nitrogens with one attached hydrogen (secondary N) is 2. The van der Waals surface area contributed by atoms with Crippen LogP contribution in [0, 0.1) is 11.8 Å². The molecule has 1 aliphatic rings. The zero-order valence-corrected chi connectivity index (χ0v) is 16.9. The summed E-state index contributed by atoms with van der Waals surface area (Å²) in [7, 11) is 3.13. The van der Waals surface area contributed by atoms with E-state index in [1.807, 2.05) is 30.3 Å². The Hall–Kier alpha value is -1.95. The summed E-state index contributed by atoms with van der Waals surface area (Å²) in [6.45, 7) is 1.85. The lowest BCUT2D eigenvalue weighted by atomic mass is 10.1. The molecule has 1 aromatic carbocycles. The second kappa shape index (κ2) is 11.6. The van der Waals surface area contributed by atoms with Crippen LogP contribution in [-0.2, 0) is 4.74 Å². The lowest BCUT2D eigenvalue weighted by Crippen LogP contribution is -2.52. The highest BCUT2D eigenvalue weighted by atomic mass is 127. The number of aliphatic imine (C=N–C) groups is 1. The SMILES string of the molecule is CN=C(NCC#Cc1ccccc1)NC1CCCN(C(=O)OC)C1.I. The highest BCUT2D eigenvalue weighted by Gasteiger charge is 2.24. The Morgan fingerprint density at radius 3 is 2.84 bits per heavy atom. The fourth-order valence-corrected chi connectivity index (χ4v) is 2.57. The molecule has 1 unspecified atom stereocenters. The van der Waals surface area contributed by atoms with Crippen molar-refractivity contribution < 1.29 is 9.53 Å². The molecule has 0 aliphatic carbocycles. The topological polar surface area (TPSA) is 66.0 Å². The maximum Gasteiger partial charge on any atom is 0.409 e. The van der Waals surface area contributed by atoms with Crippen molar-refractivity contribution in [2.45, 2.75) is 18.9 Å². The number of nitrogens with zero attached hydrogens (tertiary/aromatic N) is 2. The Bertz CT molecular complexity index is 625. The van der Waals surface area contributed by atoms with E-state index in [-0.39, 0.29) is 36.1 Å². The predicted molar refractivity (Wildman–Crippen MR) is 110 cm³/mol. The molecule has 1 atom stereocenters. The molecule has 0 spiro atoms. The summed E-state index contributed by atoms with van der Waals surface area (Å²) in [5, 5.41) is 6.51. The molecular weight excluding hydrogens is 431 g/mol. The molecule has 136 valence electrons. The molecule has 7 heteroatoms.